The van der Waals surface area contributed by atoms with Crippen molar-refractivity contribution in [2.45, 2.75) is 61.7 Å². The topological polar surface area (TPSA) is 69.6 Å². The zero-order valence-corrected chi connectivity index (χ0v) is 15.2. The van der Waals surface area contributed by atoms with Gasteiger partial charge in [0.1, 0.15) is 17.4 Å². The summed E-state index contributed by atoms with van der Waals surface area (Å²) in [5.74, 6) is 1.02. The van der Waals surface area contributed by atoms with E-state index in [-0.39, 0.29) is 17.6 Å². The number of carbonyl (C=O) groups excluding carboxylic acids is 1. The van der Waals surface area contributed by atoms with Crippen molar-refractivity contribution < 1.29 is 24.2 Å². The monoisotopic (exact) mass is 355 g/mol. The molecule has 1 N–H and O–H groups in total. The van der Waals surface area contributed by atoms with Gasteiger partial charge in [0.2, 0.25) is 0 Å². The van der Waals surface area contributed by atoms with Crippen molar-refractivity contribution in [1.29, 1.82) is 0 Å². The first-order valence-corrected chi connectivity index (χ1v) is 9.98. The van der Waals surface area contributed by atoms with Crippen LogP contribution in [0.25, 0.3) is 0 Å². The fraction of sp³-hybridized carbons (Fsp3) is 0.667. The summed E-state index contributed by atoms with van der Waals surface area (Å²) in [4.78, 5) is 12.8. The quantitative estimate of drug-likeness (QED) is 0.805. The third-order valence-corrected chi connectivity index (χ3v) is 8.26. The van der Waals surface area contributed by atoms with Crippen molar-refractivity contribution in [2.24, 2.45) is 5.92 Å². The van der Waals surface area contributed by atoms with E-state index in [1.165, 1.54) is 12.8 Å². The lowest BCUT2D eigenvalue weighted by Gasteiger charge is -2.64. The molecule has 5 aliphatic rings. The highest BCUT2D eigenvalue weighted by molar-refractivity contribution is 5.89. The second-order valence-corrected chi connectivity index (χ2v) is 9.59. The second-order valence-electron chi connectivity index (χ2n) is 9.59. The Bertz CT molecular complexity index is 849. The minimum Gasteiger partial charge on any atom is -0.870 e. The summed E-state index contributed by atoms with van der Waals surface area (Å²) < 4.78 is 6.91. The van der Waals surface area contributed by atoms with E-state index < -0.39 is 17.1 Å². The molecule has 5 atom stereocenters. The highest BCUT2D eigenvalue weighted by Gasteiger charge is 2.76. The van der Waals surface area contributed by atoms with Crippen LogP contribution in [-0.4, -0.2) is 53.3 Å². The van der Waals surface area contributed by atoms with Gasteiger partial charge in [0.25, 0.3) is 0 Å². The highest BCUT2D eigenvalue weighted by Crippen LogP contribution is 2.65. The van der Waals surface area contributed by atoms with E-state index in [1.54, 1.807) is 6.07 Å². The van der Waals surface area contributed by atoms with E-state index in [4.69, 9.17) is 4.74 Å². The molecule has 2 aliphatic heterocycles. The summed E-state index contributed by atoms with van der Waals surface area (Å²) in [6.07, 6.45) is 4.26. The van der Waals surface area contributed by atoms with E-state index in [2.05, 4.69) is 7.05 Å². The SMILES string of the molecule is C[N+]1(CC2CC2)CC[C@]23c4c5ccc([O-])c4OC2C(=O)CC[C@@]3(O)[C@H]1C5. The molecule has 1 aromatic carbocycles. The fourth-order valence-electron chi connectivity index (χ4n) is 6.93. The first-order chi connectivity index (χ1) is 12.4. The Morgan fingerprint density at radius 1 is 1.35 bits per heavy atom. The third-order valence-electron chi connectivity index (χ3n) is 8.26. The number of Topliss-reactive ketones (excluding diaryl/α,β-unsaturated/α-hetero) is 1. The van der Waals surface area contributed by atoms with Gasteiger partial charge >= 0.3 is 0 Å². The number of ketones is 1. The minimum absolute atomic E-state index is 0.0511. The smallest absolute Gasteiger partial charge is 0.174 e. The predicted octanol–water partition coefficient (Wildman–Crippen LogP) is 1.04. The van der Waals surface area contributed by atoms with Crippen molar-refractivity contribution in [3.8, 4) is 11.5 Å². The van der Waals surface area contributed by atoms with Crippen LogP contribution in [0.5, 0.6) is 11.5 Å². The summed E-state index contributed by atoms with van der Waals surface area (Å²) in [6, 6.07) is 3.58. The summed E-state index contributed by atoms with van der Waals surface area (Å²) in [5.41, 5.74) is 0.322. The van der Waals surface area contributed by atoms with Gasteiger partial charge in [0.05, 0.1) is 25.6 Å². The molecule has 6 rings (SSSR count). The molecule has 3 aliphatic carbocycles. The number of aliphatic hydroxyl groups is 1. The third kappa shape index (κ3) is 1.55. The van der Waals surface area contributed by atoms with Crippen molar-refractivity contribution in [2.75, 3.05) is 20.1 Å². The van der Waals surface area contributed by atoms with Crippen LogP contribution in [0.15, 0.2) is 12.1 Å². The van der Waals surface area contributed by atoms with Gasteiger partial charge in [-0.3, -0.25) is 4.79 Å². The Morgan fingerprint density at radius 3 is 2.92 bits per heavy atom. The van der Waals surface area contributed by atoms with Crippen molar-refractivity contribution in [3.05, 3.63) is 23.3 Å². The lowest BCUT2D eigenvalue weighted by Crippen LogP contribution is -2.80. The maximum absolute atomic E-state index is 12.8. The summed E-state index contributed by atoms with van der Waals surface area (Å²) in [7, 11) is 2.29. The van der Waals surface area contributed by atoms with E-state index in [1.807, 2.05) is 6.07 Å². The molecule has 2 heterocycles. The van der Waals surface area contributed by atoms with Gasteiger partial charge in [-0.25, -0.2) is 0 Å². The van der Waals surface area contributed by atoms with Crippen LogP contribution < -0.4 is 9.84 Å². The number of quaternary nitrogens is 1. The molecule has 1 aromatic rings. The number of hydrogen-bond donors (Lipinski definition) is 1. The number of rotatable bonds is 2. The molecule has 0 radical (unpaired) electrons. The van der Waals surface area contributed by atoms with Gasteiger partial charge in [-0.05, 0) is 24.8 Å². The summed E-state index contributed by atoms with van der Waals surface area (Å²) >= 11 is 0. The molecular weight excluding hydrogens is 330 g/mol. The zero-order valence-electron chi connectivity index (χ0n) is 15.2. The number of carbonyl (C=O) groups is 1. The standard InChI is InChI=1S/C21H25NO4/c1-22(11-12-2-3-12)9-8-20-17-13-4-5-14(23)18(17)26-19(20)15(24)6-7-21(20,25)16(22)10-13/h4-5,12,16,19,25H,2-3,6-11H2,1H3/t16-,19?,20+,21-,22?/m1/s1. The number of nitrogens with zero attached hydrogens (tertiary/aromatic N) is 1. The van der Waals surface area contributed by atoms with E-state index in [9.17, 15) is 15.0 Å². The number of likely N-dealkylation sites (N-methyl/N-ethyl adjacent to an activating group) is 1. The molecule has 2 unspecified atom stereocenters. The van der Waals surface area contributed by atoms with Crippen LogP contribution >= 0.6 is 0 Å². The van der Waals surface area contributed by atoms with Crippen LogP contribution in [0.1, 0.15) is 43.2 Å². The van der Waals surface area contributed by atoms with Gasteiger partial charge in [-0.15, -0.1) is 0 Å². The predicted molar refractivity (Wildman–Crippen MR) is 91.9 cm³/mol. The molecule has 1 saturated heterocycles. The normalized spacial score (nSPS) is 45.2. The first-order valence-electron chi connectivity index (χ1n) is 9.98. The van der Waals surface area contributed by atoms with Crippen LogP contribution in [0.2, 0.25) is 0 Å². The molecule has 1 spiro atoms. The molecule has 5 nitrogen and oxygen atoms in total. The molecule has 2 bridgehead atoms. The zero-order chi connectivity index (χ0) is 17.9. The molecule has 2 saturated carbocycles. The van der Waals surface area contributed by atoms with Crippen molar-refractivity contribution >= 4 is 5.78 Å². The molecule has 3 fully saturated rings. The van der Waals surface area contributed by atoms with Crippen LogP contribution in [0, 0.1) is 5.92 Å². The van der Waals surface area contributed by atoms with Gasteiger partial charge in [0.15, 0.2) is 11.9 Å². The van der Waals surface area contributed by atoms with Crippen molar-refractivity contribution in [3.63, 3.8) is 0 Å². The first kappa shape index (κ1) is 15.5. The van der Waals surface area contributed by atoms with Crippen molar-refractivity contribution in [1.82, 2.24) is 0 Å². The second kappa shape index (κ2) is 4.45. The molecule has 0 amide bonds. The largest absolute Gasteiger partial charge is 0.870 e. The lowest BCUT2D eigenvalue weighted by molar-refractivity contribution is -0.950. The molecule has 5 heteroatoms. The van der Waals surface area contributed by atoms with E-state index in [0.29, 0.717) is 18.6 Å². The Labute approximate surface area is 153 Å². The molecule has 138 valence electrons. The maximum atomic E-state index is 12.8. The van der Waals surface area contributed by atoms with Crippen LogP contribution in [0.3, 0.4) is 0 Å². The molecule has 26 heavy (non-hydrogen) atoms. The van der Waals surface area contributed by atoms with Gasteiger partial charge in [0, 0.05) is 30.7 Å². The number of likely N-dealkylation sites (tertiary alicyclic amines) is 1. The minimum atomic E-state index is -0.959. The summed E-state index contributed by atoms with van der Waals surface area (Å²) in [5, 5.41) is 24.6. The Kier molecular flexibility index (Phi) is 2.65. The van der Waals surface area contributed by atoms with Crippen LogP contribution in [-0.2, 0) is 16.6 Å². The number of piperidine rings is 1. The Hall–Kier alpha value is -1.59. The number of hydrogen-bond acceptors (Lipinski definition) is 4. The Morgan fingerprint density at radius 2 is 2.15 bits per heavy atom. The average molecular weight is 355 g/mol. The average Bonchev–Trinajstić information content (AvgIpc) is 3.32. The molecular formula is C21H25NO4. The fourth-order valence-corrected chi connectivity index (χ4v) is 6.93. The summed E-state index contributed by atoms with van der Waals surface area (Å²) in [6.45, 7) is 2.06. The molecule has 0 aromatic heterocycles. The number of ether oxygens (including phenoxy) is 1. The maximum Gasteiger partial charge on any atom is 0.174 e. The van der Waals surface area contributed by atoms with E-state index >= 15 is 0 Å². The lowest BCUT2D eigenvalue weighted by atomic mass is 9.48. The van der Waals surface area contributed by atoms with E-state index in [0.717, 1.165) is 47.5 Å². The van der Waals surface area contributed by atoms with Gasteiger partial charge < -0.3 is 19.4 Å². The Balaban J connectivity index is 1.60. The van der Waals surface area contributed by atoms with Gasteiger partial charge in [-0.1, -0.05) is 17.9 Å². The number of benzene rings is 1. The van der Waals surface area contributed by atoms with Gasteiger partial charge in [-0.2, -0.15) is 0 Å². The van der Waals surface area contributed by atoms with Crippen LogP contribution in [0.4, 0.5) is 0 Å². The highest BCUT2D eigenvalue weighted by atomic mass is 16.5.